The van der Waals surface area contributed by atoms with E-state index >= 15 is 0 Å². The summed E-state index contributed by atoms with van der Waals surface area (Å²) in [5, 5.41) is 21.0. The van der Waals surface area contributed by atoms with E-state index in [1.165, 1.54) is 18.2 Å². The predicted octanol–water partition coefficient (Wildman–Crippen LogP) is -0.967. The first kappa shape index (κ1) is 10.7. The molecule has 0 unspecified atom stereocenters. The average Bonchev–Trinajstić information content (AvgIpc) is 2.02. The average molecular weight is 257 g/mol. The largest absolute Gasteiger partial charge is 0.549 e. The minimum absolute atomic E-state index is 0.124. The highest BCUT2D eigenvalue weighted by molar-refractivity contribution is 9.10. The number of benzene rings is 1. The molecule has 0 radical (unpaired) electrons. The molecule has 0 saturated heterocycles. The Kier molecular flexibility index (Phi) is 3.24. The van der Waals surface area contributed by atoms with Crippen molar-refractivity contribution < 1.29 is 19.8 Å². The number of hydrogen-bond acceptors (Lipinski definition) is 4. The van der Waals surface area contributed by atoms with Gasteiger partial charge >= 0.3 is 0 Å². The summed E-state index contributed by atoms with van der Waals surface area (Å²) in [6.45, 7) is 0. The molecule has 0 amide bonds. The Labute approximate surface area is 88.3 Å². The topological polar surface area (TPSA) is 80.3 Å². The summed E-state index contributed by atoms with van der Waals surface area (Å²) in [7, 11) is 0. The van der Waals surface area contributed by atoms with Crippen molar-refractivity contribution in [2.75, 3.05) is 0 Å². The van der Waals surface area contributed by atoms with Crippen molar-refractivity contribution in [2.45, 2.75) is 5.92 Å². The highest BCUT2D eigenvalue weighted by atomic mass is 79.9. The van der Waals surface area contributed by atoms with Crippen LogP contribution in [0.25, 0.3) is 0 Å². The van der Waals surface area contributed by atoms with E-state index in [1.807, 2.05) is 0 Å². The fraction of sp³-hybridized carbons (Fsp3) is 0.111. The van der Waals surface area contributed by atoms with Crippen LogP contribution in [0.15, 0.2) is 28.7 Å². The van der Waals surface area contributed by atoms with Crippen LogP contribution >= 0.6 is 15.9 Å². The van der Waals surface area contributed by atoms with Crippen LogP contribution in [0.3, 0.4) is 0 Å². The quantitative estimate of drug-likeness (QED) is 0.652. The van der Waals surface area contributed by atoms with Crippen LogP contribution in [-0.2, 0) is 9.59 Å². The first-order valence-corrected chi connectivity index (χ1v) is 4.49. The highest BCUT2D eigenvalue weighted by Crippen LogP contribution is 2.19. The summed E-state index contributed by atoms with van der Waals surface area (Å²) in [5.74, 6) is -5.08. The molecular formula is C9H5BrO4-2. The molecule has 0 saturated carbocycles. The molecule has 0 aromatic heterocycles. The summed E-state index contributed by atoms with van der Waals surface area (Å²) >= 11 is 3.10. The minimum Gasteiger partial charge on any atom is -0.549 e. The maximum Gasteiger partial charge on any atom is 0.0632 e. The lowest BCUT2D eigenvalue weighted by Gasteiger charge is -2.19. The van der Waals surface area contributed by atoms with Crippen LogP contribution in [0.1, 0.15) is 11.5 Å². The Morgan fingerprint density at radius 2 is 1.79 bits per heavy atom. The molecule has 1 aromatic carbocycles. The number of carboxylic acid groups (broad SMARTS) is 2. The maximum absolute atomic E-state index is 10.5. The van der Waals surface area contributed by atoms with Crippen molar-refractivity contribution >= 4 is 27.9 Å². The molecule has 0 spiro atoms. The lowest BCUT2D eigenvalue weighted by Crippen LogP contribution is -2.41. The molecule has 14 heavy (non-hydrogen) atoms. The van der Waals surface area contributed by atoms with Gasteiger partial charge in [-0.3, -0.25) is 0 Å². The summed E-state index contributed by atoms with van der Waals surface area (Å²) in [5.41, 5.74) is 0.124. The lowest BCUT2D eigenvalue weighted by atomic mass is 10.00. The molecule has 0 N–H and O–H groups in total. The Hall–Kier alpha value is -1.36. The highest BCUT2D eigenvalue weighted by Gasteiger charge is 2.13. The van der Waals surface area contributed by atoms with Crippen LogP contribution in [0.5, 0.6) is 0 Å². The normalized spacial score (nSPS) is 10.1. The molecule has 4 nitrogen and oxygen atoms in total. The van der Waals surface area contributed by atoms with Crippen molar-refractivity contribution in [3.63, 3.8) is 0 Å². The molecule has 0 aliphatic rings. The monoisotopic (exact) mass is 256 g/mol. The Morgan fingerprint density at radius 1 is 1.21 bits per heavy atom. The summed E-state index contributed by atoms with van der Waals surface area (Å²) < 4.78 is 0.600. The lowest BCUT2D eigenvalue weighted by molar-refractivity contribution is -0.326. The van der Waals surface area contributed by atoms with E-state index in [0.29, 0.717) is 4.47 Å². The SMILES string of the molecule is O=C([O-])C(C(=O)[O-])c1cccc(Br)c1. The van der Waals surface area contributed by atoms with Gasteiger partial charge in [-0.05, 0) is 17.7 Å². The number of carbonyl (C=O) groups excluding carboxylic acids is 2. The summed E-state index contributed by atoms with van der Waals surface area (Å²) in [4.78, 5) is 21.0. The van der Waals surface area contributed by atoms with Crippen LogP contribution in [0, 0.1) is 0 Å². The third-order valence-electron chi connectivity index (χ3n) is 1.65. The molecule has 74 valence electrons. The van der Waals surface area contributed by atoms with Gasteiger partial charge in [0, 0.05) is 4.47 Å². The third kappa shape index (κ3) is 2.32. The van der Waals surface area contributed by atoms with Crippen LogP contribution in [-0.4, -0.2) is 11.9 Å². The van der Waals surface area contributed by atoms with Gasteiger partial charge in [-0.15, -0.1) is 0 Å². The van der Waals surface area contributed by atoms with Gasteiger partial charge in [0.2, 0.25) is 0 Å². The molecule has 1 rings (SSSR count). The second kappa shape index (κ2) is 4.23. The third-order valence-corrected chi connectivity index (χ3v) is 2.15. The second-order valence-corrected chi connectivity index (χ2v) is 3.54. The maximum atomic E-state index is 10.5. The van der Waals surface area contributed by atoms with E-state index in [-0.39, 0.29) is 5.56 Å². The van der Waals surface area contributed by atoms with Crippen molar-refractivity contribution in [1.82, 2.24) is 0 Å². The first-order valence-electron chi connectivity index (χ1n) is 3.69. The van der Waals surface area contributed by atoms with Gasteiger partial charge < -0.3 is 19.8 Å². The van der Waals surface area contributed by atoms with Gasteiger partial charge in [0.1, 0.15) is 0 Å². The summed E-state index contributed by atoms with van der Waals surface area (Å²) in [6.07, 6.45) is 0. The smallest absolute Gasteiger partial charge is 0.0632 e. The molecule has 0 bridgehead atoms. The Balaban J connectivity index is 3.12. The molecule has 1 aromatic rings. The molecule has 0 fully saturated rings. The molecule has 0 aliphatic heterocycles. The van der Waals surface area contributed by atoms with E-state index in [0.717, 1.165) is 0 Å². The molecule has 0 atom stereocenters. The fourth-order valence-electron chi connectivity index (χ4n) is 1.05. The number of aliphatic carboxylic acids is 2. The number of carbonyl (C=O) groups is 2. The molecule has 5 heteroatoms. The zero-order chi connectivity index (χ0) is 10.7. The van der Waals surface area contributed by atoms with Gasteiger partial charge in [-0.25, -0.2) is 0 Å². The van der Waals surface area contributed by atoms with Crippen molar-refractivity contribution in [3.8, 4) is 0 Å². The number of halogens is 1. The van der Waals surface area contributed by atoms with Gasteiger partial charge in [-0.1, -0.05) is 28.1 Å². The van der Waals surface area contributed by atoms with E-state index in [9.17, 15) is 19.8 Å². The Bertz CT molecular complexity index is 361. The molecular weight excluding hydrogens is 252 g/mol. The minimum atomic E-state index is -1.73. The number of carboxylic acids is 2. The summed E-state index contributed by atoms with van der Waals surface area (Å²) in [6, 6.07) is 5.99. The van der Waals surface area contributed by atoms with Crippen LogP contribution < -0.4 is 10.2 Å². The predicted molar refractivity (Wildman–Crippen MR) is 46.9 cm³/mol. The number of rotatable bonds is 3. The molecule has 0 aliphatic carbocycles. The van der Waals surface area contributed by atoms with Gasteiger partial charge in [0.15, 0.2) is 0 Å². The standard InChI is InChI=1S/C9H7BrO4/c10-6-3-1-2-5(4-6)7(8(11)12)9(13)14/h1-4,7H,(H,11,12)(H,13,14)/p-2. The van der Waals surface area contributed by atoms with Gasteiger partial charge in [-0.2, -0.15) is 0 Å². The van der Waals surface area contributed by atoms with E-state index < -0.39 is 17.9 Å². The Morgan fingerprint density at radius 3 is 2.21 bits per heavy atom. The van der Waals surface area contributed by atoms with Gasteiger partial charge in [0.25, 0.3) is 0 Å². The zero-order valence-corrected chi connectivity index (χ0v) is 8.48. The zero-order valence-electron chi connectivity index (χ0n) is 6.90. The first-order chi connectivity index (χ1) is 6.52. The van der Waals surface area contributed by atoms with Crippen molar-refractivity contribution in [3.05, 3.63) is 34.3 Å². The fourth-order valence-corrected chi connectivity index (χ4v) is 1.47. The number of hydrogen-bond donors (Lipinski definition) is 0. The van der Waals surface area contributed by atoms with Crippen LogP contribution in [0.4, 0.5) is 0 Å². The second-order valence-electron chi connectivity index (χ2n) is 2.63. The van der Waals surface area contributed by atoms with Crippen molar-refractivity contribution in [2.24, 2.45) is 0 Å². The van der Waals surface area contributed by atoms with E-state index in [1.54, 1.807) is 6.07 Å². The van der Waals surface area contributed by atoms with E-state index in [2.05, 4.69) is 15.9 Å². The van der Waals surface area contributed by atoms with Crippen molar-refractivity contribution in [1.29, 1.82) is 0 Å². The van der Waals surface area contributed by atoms with E-state index in [4.69, 9.17) is 0 Å². The van der Waals surface area contributed by atoms with Crippen LogP contribution in [0.2, 0.25) is 0 Å². The molecule has 0 heterocycles. The van der Waals surface area contributed by atoms with Gasteiger partial charge in [0.05, 0.1) is 17.9 Å².